The normalized spacial score (nSPS) is 12.5. The summed E-state index contributed by atoms with van der Waals surface area (Å²) >= 11 is 1.41. The number of ether oxygens (including phenoxy) is 1. The number of anilines is 1. The van der Waals surface area contributed by atoms with Crippen molar-refractivity contribution in [1.29, 1.82) is 0 Å². The molecular formula is C24H30N4O2S. The molecule has 2 aromatic carbocycles. The highest BCUT2D eigenvalue weighted by Gasteiger charge is 2.21. The molecule has 0 aliphatic rings. The van der Waals surface area contributed by atoms with Gasteiger partial charge in [-0.05, 0) is 61.2 Å². The molecule has 1 atom stereocenters. The maximum Gasteiger partial charge on any atom is 0.237 e. The van der Waals surface area contributed by atoms with E-state index in [1.807, 2.05) is 54.8 Å². The lowest BCUT2D eigenvalue weighted by molar-refractivity contribution is -0.115. The summed E-state index contributed by atoms with van der Waals surface area (Å²) in [4.78, 5) is 12.7. The van der Waals surface area contributed by atoms with Crippen LogP contribution in [0.5, 0.6) is 5.75 Å². The fourth-order valence-corrected chi connectivity index (χ4v) is 4.04. The number of nitrogens with one attached hydrogen (secondary N) is 1. The summed E-state index contributed by atoms with van der Waals surface area (Å²) in [6.07, 6.45) is 0. The molecule has 7 heteroatoms. The van der Waals surface area contributed by atoms with Crippen molar-refractivity contribution in [3.05, 3.63) is 54.1 Å². The standard InChI is InChI=1S/C24H30N4O2S/c1-7-28-21(17-8-14-20(30-6)15-9-17)26-27-23(28)31-16(2)22(29)25-19-12-10-18(11-13-19)24(3,4)5/h8-16H,7H2,1-6H3,(H,25,29). The largest absolute Gasteiger partial charge is 0.497 e. The van der Waals surface area contributed by atoms with Crippen molar-refractivity contribution in [3.63, 3.8) is 0 Å². The minimum absolute atomic E-state index is 0.0647. The third-order valence-electron chi connectivity index (χ3n) is 5.05. The fraction of sp³-hybridized carbons (Fsp3) is 0.375. The second-order valence-electron chi connectivity index (χ2n) is 8.36. The Hall–Kier alpha value is -2.80. The van der Waals surface area contributed by atoms with E-state index in [1.54, 1.807) is 7.11 Å². The van der Waals surface area contributed by atoms with Crippen LogP contribution < -0.4 is 10.1 Å². The van der Waals surface area contributed by atoms with Gasteiger partial charge in [-0.1, -0.05) is 44.7 Å². The average Bonchev–Trinajstić information content (AvgIpc) is 3.15. The van der Waals surface area contributed by atoms with Crippen LogP contribution in [-0.2, 0) is 16.8 Å². The van der Waals surface area contributed by atoms with Crippen molar-refractivity contribution in [3.8, 4) is 17.1 Å². The molecule has 31 heavy (non-hydrogen) atoms. The monoisotopic (exact) mass is 438 g/mol. The second-order valence-corrected chi connectivity index (χ2v) is 9.66. The number of carbonyl (C=O) groups is 1. The number of rotatable bonds is 7. The number of benzene rings is 2. The number of aromatic nitrogens is 3. The van der Waals surface area contributed by atoms with Crippen LogP contribution in [0.3, 0.4) is 0 Å². The van der Waals surface area contributed by atoms with Crippen molar-refractivity contribution in [1.82, 2.24) is 14.8 Å². The highest BCUT2D eigenvalue weighted by atomic mass is 32.2. The molecule has 0 spiro atoms. The zero-order valence-electron chi connectivity index (χ0n) is 19.0. The first-order valence-corrected chi connectivity index (χ1v) is 11.3. The molecule has 1 aromatic heterocycles. The number of thioether (sulfide) groups is 1. The molecule has 0 aliphatic carbocycles. The smallest absolute Gasteiger partial charge is 0.237 e. The van der Waals surface area contributed by atoms with Crippen molar-refractivity contribution < 1.29 is 9.53 Å². The number of amides is 1. The van der Waals surface area contributed by atoms with E-state index < -0.39 is 0 Å². The van der Waals surface area contributed by atoms with Gasteiger partial charge in [0.05, 0.1) is 12.4 Å². The van der Waals surface area contributed by atoms with Gasteiger partial charge in [0.25, 0.3) is 0 Å². The van der Waals surface area contributed by atoms with Gasteiger partial charge < -0.3 is 14.6 Å². The fourth-order valence-electron chi connectivity index (χ4n) is 3.12. The van der Waals surface area contributed by atoms with Gasteiger partial charge in [-0.2, -0.15) is 0 Å². The molecular weight excluding hydrogens is 408 g/mol. The summed E-state index contributed by atoms with van der Waals surface area (Å²) in [6.45, 7) is 11.1. The predicted molar refractivity (Wildman–Crippen MR) is 127 cm³/mol. The zero-order valence-corrected chi connectivity index (χ0v) is 19.8. The molecule has 164 valence electrons. The Morgan fingerprint density at radius 3 is 2.29 bits per heavy atom. The summed E-state index contributed by atoms with van der Waals surface area (Å²) in [5.74, 6) is 1.50. The first-order valence-electron chi connectivity index (χ1n) is 10.4. The van der Waals surface area contributed by atoms with Gasteiger partial charge in [-0.15, -0.1) is 10.2 Å². The summed E-state index contributed by atoms with van der Waals surface area (Å²) in [5, 5.41) is 12.1. The minimum atomic E-state index is -0.319. The molecule has 3 rings (SSSR count). The highest BCUT2D eigenvalue weighted by Crippen LogP contribution is 2.29. The average molecular weight is 439 g/mol. The lowest BCUT2D eigenvalue weighted by atomic mass is 9.87. The SMILES string of the molecule is CCn1c(SC(C)C(=O)Nc2ccc(C(C)(C)C)cc2)nnc1-c1ccc(OC)cc1. The molecule has 0 fully saturated rings. The summed E-state index contributed by atoms with van der Waals surface area (Å²) in [6, 6.07) is 15.7. The number of hydrogen-bond acceptors (Lipinski definition) is 5. The van der Waals surface area contributed by atoms with Crippen molar-refractivity contribution >= 4 is 23.4 Å². The molecule has 0 radical (unpaired) electrons. The van der Waals surface area contributed by atoms with E-state index in [4.69, 9.17) is 4.74 Å². The van der Waals surface area contributed by atoms with E-state index in [1.165, 1.54) is 17.3 Å². The number of methoxy groups -OCH3 is 1. The molecule has 1 amide bonds. The van der Waals surface area contributed by atoms with E-state index in [2.05, 4.69) is 48.4 Å². The number of nitrogens with zero attached hydrogens (tertiary/aromatic N) is 3. The van der Waals surface area contributed by atoms with Crippen molar-refractivity contribution in [2.24, 2.45) is 0 Å². The Kier molecular flexibility index (Phi) is 7.05. The van der Waals surface area contributed by atoms with Gasteiger partial charge in [-0.25, -0.2) is 0 Å². The third-order valence-corrected chi connectivity index (χ3v) is 6.13. The Morgan fingerprint density at radius 2 is 1.74 bits per heavy atom. The van der Waals surface area contributed by atoms with Crippen LogP contribution in [0.1, 0.15) is 40.2 Å². The van der Waals surface area contributed by atoms with Gasteiger partial charge in [0.1, 0.15) is 5.75 Å². The van der Waals surface area contributed by atoms with Gasteiger partial charge in [0.15, 0.2) is 11.0 Å². The molecule has 0 saturated heterocycles. The van der Waals surface area contributed by atoms with Gasteiger partial charge in [-0.3, -0.25) is 4.79 Å². The van der Waals surface area contributed by atoms with Gasteiger partial charge >= 0.3 is 0 Å². The summed E-state index contributed by atoms with van der Waals surface area (Å²) in [5.41, 5.74) is 3.06. The number of hydrogen-bond donors (Lipinski definition) is 1. The molecule has 0 saturated carbocycles. The van der Waals surface area contributed by atoms with Crippen LogP contribution in [0, 0.1) is 0 Å². The van der Waals surface area contributed by atoms with Crippen LogP contribution in [0.4, 0.5) is 5.69 Å². The molecule has 1 N–H and O–H groups in total. The maximum absolute atomic E-state index is 12.7. The quantitative estimate of drug-likeness (QED) is 0.501. The summed E-state index contributed by atoms with van der Waals surface area (Å²) in [7, 11) is 1.64. The lowest BCUT2D eigenvalue weighted by Gasteiger charge is -2.19. The first-order chi connectivity index (χ1) is 14.7. The number of carbonyl (C=O) groups excluding carboxylic acids is 1. The van der Waals surface area contributed by atoms with Crippen LogP contribution in [-0.4, -0.2) is 33.0 Å². The Morgan fingerprint density at radius 1 is 1.10 bits per heavy atom. The molecule has 0 aliphatic heterocycles. The Bertz CT molecular complexity index is 1020. The van der Waals surface area contributed by atoms with E-state index in [9.17, 15) is 4.79 Å². The minimum Gasteiger partial charge on any atom is -0.497 e. The third kappa shape index (κ3) is 5.47. The van der Waals surface area contributed by atoms with Crippen molar-refractivity contribution in [2.45, 2.75) is 57.0 Å². The van der Waals surface area contributed by atoms with E-state index in [0.717, 1.165) is 28.0 Å². The molecule has 1 unspecified atom stereocenters. The molecule has 6 nitrogen and oxygen atoms in total. The topological polar surface area (TPSA) is 69.0 Å². The zero-order chi connectivity index (χ0) is 22.6. The Labute approximate surface area is 188 Å². The molecule has 3 aromatic rings. The predicted octanol–water partition coefficient (Wildman–Crippen LogP) is 5.39. The summed E-state index contributed by atoms with van der Waals surface area (Å²) < 4.78 is 7.25. The Balaban J connectivity index is 1.70. The maximum atomic E-state index is 12.7. The van der Waals surface area contributed by atoms with Crippen LogP contribution >= 0.6 is 11.8 Å². The van der Waals surface area contributed by atoms with Crippen LogP contribution in [0.2, 0.25) is 0 Å². The van der Waals surface area contributed by atoms with Crippen LogP contribution in [0.25, 0.3) is 11.4 Å². The van der Waals surface area contributed by atoms with E-state index in [-0.39, 0.29) is 16.6 Å². The molecule has 0 bridgehead atoms. The van der Waals surface area contributed by atoms with Crippen molar-refractivity contribution in [2.75, 3.05) is 12.4 Å². The highest BCUT2D eigenvalue weighted by molar-refractivity contribution is 8.00. The lowest BCUT2D eigenvalue weighted by Crippen LogP contribution is -2.23. The van der Waals surface area contributed by atoms with Gasteiger partial charge in [0, 0.05) is 17.8 Å². The van der Waals surface area contributed by atoms with Gasteiger partial charge in [0.2, 0.25) is 5.91 Å². The van der Waals surface area contributed by atoms with E-state index in [0.29, 0.717) is 6.54 Å². The second kappa shape index (κ2) is 9.56. The van der Waals surface area contributed by atoms with Crippen LogP contribution in [0.15, 0.2) is 53.7 Å². The first kappa shape index (κ1) is 22.9. The molecule has 1 heterocycles. The van der Waals surface area contributed by atoms with E-state index >= 15 is 0 Å².